The Morgan fingerprint density at radius 2 is 2.17 bits per heavy atom. The van der Waals surface area contributed by atoms with Gasteiger partial charge in [-0.3, -0.25) is 4.90 Å². The van der Waals surface area contributed by atoms with E-state index in [1.807, 2.05) is 30.3 Å². The van der Waals surface area contributed by atoms with Gasteiger partial charge in [-0.05, 0) is 37.4 Å². The van der Waals surface area contributed by atoms with Crippen LogP contribution in [0.5, 0.6) is 0 Å². The number of aromatic nitrogens is 1. The van der Waals surface area contributed by atoms with Crippen LogP contribution in [0.4, 0.5) is 5.82 Å². The third kappa shape index (κ3) is 3.82. The second kappa shape index (κ2) is 7.28. The van der Waals surface area contributed by atoms with Gasteiger partial charge in [-0.15, -0.1) is 0 Å². The van der Waals surface area contributed by atoms with Crippen LogP contribution in [0, 0.1) is 5.92 Å². The summed E-state index contributed by atoms with van der Waals surface area (Å²) in [7, 11) is 0. The molecule has 4 nitrogen and oxygen atoms in total. The monoisotopic (exact) mass is 313 g/mol. The fraction of sp³-hybridized carbons (Fsp3) is 0.526. The Balaban J connectivity index is 1.73. The van der Waals surface area contributed by atoms with Gasteiger partial charge in [0.15, 0.2) is 0 Å². The average molecular weight is 313 g/mol. The SMILES string of the molecule is CC(C)CN1CCC[C@@H]1CNc1nc2ccccc2cc1CO. The number of hydrogen-bond acceptors (Lipinski definition) is 4. The second-order valence-corrected chi connectivity index (χ2v) is 6.91. The number of benzene rings is 1. The fourth-order valence-electron chi connectivity index (χ4n) is 3.48. The summed E-state index contributed by atoms with van der Waals surface area (Å²) in [4.78, 5) is 7.28. The molecule has 1 aromatic carbocycles. The summed E-state index contributed by atoms with van der Waals surface area (Å²) in [6, 6.07) is 10.6. The largest absolute Gasteiger partial charge is 0.392 e. The number of likely N-dealkylation sites (tertiary alicyclic amines) is 1. The van der Waals surface area contributed by atoms with Gasteiger partial charge in [0, 0.05) is 30.1 Å². The molecule has 1 aliphatic heterocycles. The maximum absolute atomic E-state index is 9.65. The van der Waals surface area contributed by atoms with E-state index in [1.54, 1.807) is 0 Å². The van der Waals surface area contributed by atoms with Crippen molar-refractivity contribution in [3.8, 4) is 0 Å². The summed E-state index contributed by atoms with van der Waals surface area (Å²) in [6.45, 7) is 7.81. The van der Waals surface area contributed by atoms with Crippen LogP contribution in [0.25, 0.3) is 10.9 Å². The van der Waals surface area contributed by atoms with E-state index in [1.165, 1.54) is 19.4 Å². The molecule has 0 saturated carbocycles. The van der Waals surface area contributed by atoms with E-state index >= 15 is 0 Å². The Labute approximate surface area is 138 Å². The summed E-state index contributed by atoms with van der Waals surface area (Å²) in [5.41, 5.74) is 1.84. The van der Waals surface area contributed by atoms with Crippen LogP contribution < -0.4 is 5.32 Å². The molecule has 0 amide bonds. The van der Waals surface area contributed by atoms with Crippen LogP contribution in [0.1, 0.15) is 32.3 Å². The van der Waals surface area contributed by atoms with E-state index < -0.39 is 0 Å². The van der Waals surface area contributed by atoms with E-state index in [4.69, 9.17) is 4.98 Å². The van der Waals surface area contributed by atoms with Gasteiger partial charge in [0.2, 0.25) is 0 Å². The molecule has 0 bridgehead atoms. The Morgan fingerprint density at radius 3 is 2.96 bits per heavy atom. The highest BCUT2D eigenvalue weighted by Crippen LogP contribution is 2.23. The van der Waals surface area contributed by atoms with Gasteiger partial charge in [0.25, 0.3) is 0 Å². The lowest BCUT2D eigenvalue weighted by Crippen LogP contribution is -2.37. The number of para-hydroxylation sites is 1. The van der Waals surface area contributed by atoms with Gasteiger partial charge in [0.1, 0.15) is 5.82 Å². The first-order valence-corrected chi connectivity index (χ1v) is 8.65. The lowest BCUT2D eigenvalue weighted by molar-refractivity contribution is 0.234. The zero-order valence-electron chi connectivity index (χ0n) is 14.1. The molecule has 124 valence electrons. The normalized spacial score (nSPS) is 18.9. The minimum atomic E-state index is 0.0144. The van der Waals surface area contributed by atoms with Crippen molar-refractivity contribution in [2.75, 3.05) is 25.0 Å². The van der Waals surface area contributed by atoms with Crippen molar-refractivity contribution in [2.24, 2.45) is 5.92 Å². The molecule has 1 aromatic heterocycles. The highest BCUT2D eigenvalue weighted by atomic mass is 16.3. The van der Waals surface area contributed by atoms with E-state index in [0.717, 1.165) is 35.4 Å². The molecule has 0 spiro atoms. The van der Waals surface area contributed by atoms with Crippen molar-refractivity contribution >= 4 is 16.7 Å². The fourth-order valence-corrected chi connectivity index (χ4v) is 3.48. The van der Waals surface area contributed by atoms with E-state index in [0.29, 0.717) is 12.0 Å². The van der Waals surface area contributed by atoms with E-state index in [-0.39, 0.29) is 6.61 Å². The zero-order chi connectivity index (χ0) is 16.2. The Hall–Kier alpha value is -1.65. The minimum Gasteiger partial charge on any atom is -0.392 e. The number of pyridine rings is 1. The predicted molar refractivity (Wildman–Crippen MR) is 95.6 cm³/mol. The molecule has 4 heteroatoms. The van der Waals surface area contributed by atoms with Crippen LogP contribution in [0.3, 0.4) is 0 Å². The first-order valence-electron chi connectivity index (χ1n) is 8.65. The topological polar surface area (TPSA) is 48.4 Å². The molecule has 1 saturated heterocycles. The van der Waals surface area contributed by atoms with Crippen molar-refractivity contribution in [2.45, 2.75) is 39.3 Å². The van der Waals surface area contributed by atoms with Crippen molar-refractivity contribution in [1.82, 2.24) is 9.88 Å². The number of fused-ring (bicyclic) bond motifs is 1. The molecule has 2 aromatic rings. The quantitative estimate of drug-likeness (QED) is 0.859. The number of nitrogens with zero attached hydrogens (tertiary/aromatic N) is 2. The second-order valence-electron chi connectivity index (χ2n) is 6.91. The average Bonchev–Trinajstić information content (AvgIpc) is 2.98. The molecule has 0 unspecified atom stereocenters. The van der Waals surface area contributed by atoms with Gasteiger partial charge in [-0.25, -0.2) is 4.98 Å². The van der Waals surface area contributed by atoms with Crippen molar-refractivity contribution in [3.05, 3.63) is 35.9 Å². The Bertz CT molecular complexity index is 656. The highest BCUT2D eigenvalue weighted by Gasteiger charge is 2.24. The van der Waals surface area contributed by atoms with Gasteiger partial charge >= 0.3 is 0 Å². The number of anilines is 1. The lowest BCUT2D eigenvalue weighted by atomic mass is 10.1. The van der Waals surface area contributed by atoms with Crippen molar-refractivity contribution in [3.63, 3.8) is 0 Å². The van der Waals surface area contributed by atoms with Crippen LogP contribution in [0.15, 0.2) is 30.3 Å². The van der Waals surface area contributed by atoms with Gasteiger partial charge in [-0.2, -0.15) is 0 Å². The first-order chi connectivity index (χ1) is 11.2. The Kier molecular flexibility index (Phi) is 5.13. The Morgan fingerprint density at radius 1 is 1.35 bits per heavy atom. The third-order valence-corrected chi connectivity index (χ3v) is 4.58. The number of aliphatic hydroxyl groups excluding tert-OH is 1. The van der Waals surface area contributed by atoms with Crippen LogP contribution in [0.2, 0.25) is 0 Å². The molecule has 2 heterocycles. The third-order valence-electron chi connectivity index (χ3n) is 4.58. The van der Waals surface area contributed by atoms with E-state index in [9.17, 15) is 5.11 Å². The summed E-state index contributed by atoms with van der Waals surface area (Å²) in [6.07, 6.45) is 2.51. The first kappa shape index (κ1) is 16.2. The maximum atomic E-state index is 9.65. The minimum absolute atomic E-state index is 0.0144. The standard InChI is InChI=1S/C19H27N3O/c1-14(2)12-22-9-5-7-17(22)11-20-19-16(13-23)10-15-6-3-4-8-18(15)21-19/h3-4,6,8,10,14,17,23H,5,7,9,11-13H2,1-2H3,(H,20,21)/t17-/m1/s1. The molecule has 23 heavy (non-hydrogen) atoms. The molecule has 0 aliphatic carbocycles. The molecular weight excluding hydrogens is 286 g/mol. The van der Waals surface area contributed by atoms with Crippen LogP contribution in [-0.2, 0) is 6.61 Å². The molecule has 2 N–H and O–H groups in total. The molecule has 1 atom stereocenters. The number of hydrogen-bond donors (Lipinski definition) is 2. The van der Waals surface area contributed by atoms with Gasteiger partial charge < -0.3 is 10.4 Å². The van der Waals surface area contributed by atoms with Crippen molar-refractivity contribution < 1.29 is 5.11 Å². The van der Waals surface area contributed by atoms with Gasteiger partial charge in [0.05, 0.1) is 12.1 Å². The number of aliphatic hydroxyl groups is 1. The molecule has 1 aliphatic rings. The molecular formula is C19H27N3O. The van der Waals surface area contributed by atoms with Crippen LogP contribution in [-0.4, -0.2) is 40.7 Å². The van der Waals surface area contributed by atoms with Crippen LogP contribution >= 0.6 is 0 Å². The molecule has 0 radical (unpaired) electrons. The zero-order valence-corrected chi connectivity index (χ0v) is 14.1. The predicted octanol–water partition coefficient (Wildman–Crippen LogP) is 3.26. The summed E-state index contributed by atoms with van der Waals surface area (Å²) >= 11 is 0. The van der Waals surface area contributed by atoms with Gasteiger partial charge in [-0.1, -0.05) is 32.0 Å². The molecule has 1 fully saturated rings. The van der Waals surface area contributed by atoms with Crippen molar-refractivity contribution in [1.29, 1.82) is 0 Å². The maximum Gasteiger partial charge on any atom is 0.132 e. The summed E-state index contributed by atoms with van der Waals surface area (Å²) in [5, 5.41) is 14.2. The highest BCUT2D eigenvalue weighted by molar-refractivity contribution is 5.81. The summed E-state index contributed by atoms with van der Waals surface area (Å²) in [5.74, 6) is 1.52. The van der Waals surface area contributed by atoms with E-state index in [2.05, 4.69) is 24.1 Å². The lowest BCUT2D eigenvalue weighted by Gasteiger charge is -2.26. The number of nitrogens with one attached hydrogen (secondary N) is 1. The molecule has 3 rings (SSSR count). The smallest absolute Gasteiger partial charge is 0.132 e. The summed E-state index contributed by atoms with van der Waals surface area (Å²) < 4.78 is 0. The number of rotatable bonds is 6.